The lowest BCUT2D eigenvalue weighted by molar-refractivity contribution is -0.121. The molecule has 0 saturated heterocycles. The highest BCUT2D eigenvalue weighted by molar-refractivity contribution is 5.76. The normalized spacial score (nSPS) is 14.5. The Bertz CT molecular complexity index is 790. The van der Waals surface area contributed by atoms with Crippen LogP contribution in [0.5, 0.6) is 11.5 Å². The summed E-state index contributed by atoms with van der Waals surface area (Å²) in [5, 5.41) is 3.07. The molecule has 4 heteroatoms. The van der Waals surface area contributed by atoms with Gasteiger partial charge in [0.05, 0.1) is 6.04 Å². The third kappa shape index (κ3) is 5.03. The summed E-state index contributed by atoms with van der Waals surface area (Å²) < 4.78 is 11.2. The first-order chi connectivity index (χ1) is 12.8. The van der Waals surface area contributed by atoms with E-state index in [9.17, 15) is 4.79 Å². The maximum Gasteiger partial charge on any atom is 0.220 e. The molecule has 144 valence electrons. The molecule has 0 fully saturated rings. The SMILES string of the molecule is C[C@@H](NC(=O)CCc1ccc(C(C)(C)C)cc1)c1ccc2c(c1)OCCO2. The molecule has 0 aliphatic carbocycles. The quantitative estimate of drug-likeness (QED) is 0.842. The van der Waals surface area contributed by atoms with E-state index in [1.807, 2.05) is 25.1 Å². The van der Waals surface area contributed by atoms with Gasteiger partial charge in [0.15, 0.2) is 11.5 Å². The van der Waals surface area contributed by atoms with E-state index >= 15 is 0 Å². The predicted molar refractivity (Wildman–Crippen MR) is 107 cm³/mol. The maximum atomic E-state index is 12.3. The van der Waals surface area contributed by atoms with Crippen LogP contribution in [0.15, 0.2) is 42.5 Å². The third-order valence-electron chi connectivity index (χ3n) is 4.90. The summed E-state index contributed by atoms with van der Waals surface area (Å²) in [6.45, 7) is 9.74. The molecule has 1 atom stereocenters. The van der Waals surface area contributed by atoms with Gasteiger partial charge >= 0.3 is 0 Å². The van der Waals surface area contributed by atoms with Gasteiger partial charge in [0.1, 0.15) is 13.2 Å². The van der Waals surface area contributed by atoms with Gasteiger partial charge in [0.2, 0.25) is 5.91 Å². The summed E-state index contributed by atoms with van der Waals surface area (Å²) in [6.07, 6.45) is 1.22. The van der Waals surface area contributed by atoms with E-state index in [4.69, 9.17) is 9.47 Å². The van der Waals surface area contributed by atoms with E-state index in [0.717, 1.165) is 23.5 Å². The average Bonchev–Trinajstić information content (AvgIpc) is 2.65. The van der Waals surface area contributed by atoms with Crippen molar-refractivity contribution in [3.63, 3.8) is 0 Å². The second kappa shape index (κ2) is 8.03. The third-order valence-corrected chi connectivity index (χ3v) is 4.90. The number of rotatable bonds is 5. The topological polar surface area (TPSA) is 47.6 Å². The first kappa shape index (κ1) is 19.3. The highest BCUT2D eigenvalue weighted by Gasteiger charge is 2.16. The number of carbonyl (C=O) groups is 1. The summed E-state index contributed by atoms with van der Waals surface area (Å²) in [5.74, 6) is 1.57. The van der Waals surface area contributed by atoms with Crippen molar-refractivity contribution in [2.24, 2.45) is 0 Å². The van der Waals surface area contributed by atoms with Crippen LogP contribution in [-0.2, 0) is 16.6 Å². The maximum absolute atomic E-state index is 12.3. The summed E-state index contributed by atoms with van der Waals surface area (Å²) in [5.41, 5.74) is 3.66. The Morgan fingerprint density at radius 2 is 1.70 bits per heavy atom. The van der Waals surface area contributed by atoms with E-state index in [0.29, 0.717) is 19.6 Å². The Labute approximate surface area is 161 Å². The summed E-state index contributed by atoms with van der Waals surface area (Å²) in [6, 6.07) is 14.3. The van der Waals surface area contributed by atoms with Crippen molar-refractivity contribution >= 4 is 5.91 Å². The van der Waals surface area contributed by atoms with Gasteiger partial charge in [-0.25, -0.2) is 0 Å². The molecule has 0 radical (unpaired) electrons. The van der Waals surface area contributed by atoms with Crippen LogP contribution >= 0.6 is 0 Å². The summed E-state index contributed by atoms with van der Waals surface area (Å²) >= 11 is 0. The largest absolute Gasteiger partial charge is 0.486 e. The van der Waals surface area contributed by atoms with Crippen LogP contribution in [0.1, 0.15) is 56.8 Å². The Hall–Kier alpha value is -2.49. The highest BCUT2D eigenvalue weighted by atomic mass is 16.6. The van der Waals surface area contributed by atoms with E-state index in [1.165, 1.54) is 11.1 Å². The molecule has 0 aromatic heterocycles. The van der Waals surface area contributed by atoms with E-state index in [-0.39, 0.29) is 17.4 Å². The number of ether oxygens (including phenoxy) is 2. The van der Waals surface area contributed by atoms with Crippen molar-refractivity contribution in [2.45, 2.75) is 52.0 Å². The lowest BCUT2D eigenvalue weighted by atomic mass is 9.86. The average molecular weight is 367 g/mol. The van der Waals surface area contributed by atoms with Gasteiger partial charge in [-0.2, -0.15) is 0 Å². The Morgan fingerprint density at radius 1 is 1.04 bits per heavy atom. The van der Waals surface area contributed by atoms with E-state index in [2.05, 4.69) is 50.4 Å². The number of aryl methyl sites for hydroxylation is 1. The predicted octanol–water partition coefficient (Wildman–Crippen LogP) is 4.57. The molecule has 0 spiro atoms. The minimum absolute atomic E-state index is 0.0530. The lowest BCUT2D eigenvalue weighted by Gasteiger charge is -2.21. The minimum atomic E-state index is -0.0726. The second-order valence-corrected chi connectivity index (χ2v) is 8.14. The van der Waals surface area contributed by atoms with Crippen molar-refractivity contribution < 1.29 is 14.3 Å². The molecular formula is C23H29NO3. The molecule has 3 rings (SSSR count). The zero-order valence-electron chi connectivity index (χ0n) is 16.7. The van der Waals surface area contributed by atoms with Crippen LogP contribution < -0.4 is 14.8 Å². The fourth-order valence-electron chi connectivity index (χ4n) is 3.16. The summed E-state index contributed by atoms with van der Waals surface area (Å²) in [7, 11) is 0. The Balaban J connectivity index is 1.53. The molecule has 2 aromatic rings. The van der Waals surface area contributed by atoms with Gasteiger partial charge in [-0.3, -0.25) is 4.79 Å². The van der Waals surface area contributed by atoms with Gasteiger partial charge in [0, 0.05) is 6.42 Å². The van der Waals surface area contributed by atoms with Crippen LogP contribution in [0.2, 0.25) is 0 Å². The molecule has 2 aromatic carbocycles. The molecule has 1 heterocycles. The summed E-state index contributed by atoms with van der Waals surface area (Å²) in [4.78, 5) is 12.3. The molecule has 1 N–H and O–H groups in total. The second-order valence-electron chi connectivity index (χ2n) is 8.14. The van der Waals surface area contributed by atoms with Crippen molar-refractivity contribution in [1.29, 1.82) is 0 Å². The van der Waals surface area contributed by atoms with Gasteiger partial charge < -0.3 is 14.8 Å². The lowest BCUT2D eigenvalue weighted by Crippen LogP contribution is -2.27. The number of hydrogen-bond acceptors (Lipinski definition) is 3. The van der Waals surface area contributed by atoms with Crippen LogP contribution in [-0.4, -0.2) is 19.1 Å². The van der Waals surface area contributed by atoms with Crippen LogP contribution in [0, 0.1) is 0 Å². The molecule has 0 saturated carbocycles. The number of benzene rings is 2. The minimum Gasteiger partial charge on any atom is -0.486 e. The van der Waals surface area contributed by atoms with Gasteiger partial charge in [-0.15, -0.1) is 0 Å². The van der Waals surface area contributed by atoms with Gasteiger partial charge in [-0.1, -0.05) is 51.1 Å². The van der Waals surface area contributed by atoms with Crippen molar-refractivity contribution in [3.05, 3.63) is 59.2 Å². The van der Waals surface area contributed by atoms with Crippen molar-refractivity contribution in [2.75, 3.05) is 13.2 Å². The van der Waals surface area contributed by atoms with Crippen molar-refractivity contribution in [1.82, 2.24) is 5.32 Å². The van der Waals surface area contributed by atoms with Crippen LogP contribution in [0.25, 0.3) is 0 Å². The monoisotopic (exact) mass is 367 g/mol. The zero-order valence-corrected chi connectivity index (χ0v) is 16.7. The van der Waals surface area contributed by atoms with Crippen LogP contribution in [0.3, 0.4) is 0 Å². The highest BCUT2D eigenvalue weighted by Crippen LogP contribution is 2.32. The molecule has 0 bridgehead atoms. The fourth-order valence-corrected chi connectivity index (χ4v) is 3.16. The number of carbonyl (C=O) groups excluding carboxylic acids is 1. The molecule has 0 unspecified atom stereocenters. The standard InChI is InChI=1S/C23H29NO3/c1-16(18-8-11-20-21(15-18)27-14-13-26-20)24-22(25)12-7-17-5-9-19(10-6-17)23(2,3)4/h5-6,8-11,15-16H,7,12-14H2,1-4H3,(H,24,25)/t16-/m1/s1. The molecular weight excluding hydrogens is 338 g/mol. The van der Waals surface area contributed by atoms with Gasteiger partial charge in [0.25, 0.3) is 0 Å². The number of hydrogen-bond donors (Lipinski definition) is 1. The first-order valence-corrected chi connectivity index (χ1v) is 9.61. The zero-order chi connectivity index (χ0) is 19.4. The fraction of sp³-hybridized carbons (Fsp3) is 0.435. The molecule has 4 nitrogen and oxygen atoms in total. The van der Waals surface area contributed by atoms with E-state index < -0.39 is 0 Å². The molecule has 1 amide bonds. The smallest absolute Gasteiger partial charge is 0.220 e. The van der Waals surface area contributed by atoms with Crippen molar-refractivity contribution in [3.8, 4) is 11.5 Å². The molecule has 1 aliphatic rings. The number of amides is 1. The first-order valence-electron chi connectivity index (χ1n) is 9.61. The van der Waals surface area contributed by atoms with E-state index in [1.54, 1.807) is 0 Å². The Morgan fingerprint density at radius 3 is 2.37 bits per heavy atom. The van der Waals surface area contributed by atoms with Crippen LogP contribution in [0.4, 0.5) is 0 Å². The molecule has 1 aliphatic heterocycles. The Kier molecular flexibility index (Phi) is 5.73. The number of fused-ring (bicyclic) bond motifs is 1. The van der Waals surface area contributed by atoms with Gasteiger partial charge in [-0.05, 0) is 47.6 Å². The molecule has 27 heavy (non-hydrogen) atoms. The number of nitrogens with one attached hydrogen (secondary N) is 1.